The van der Waals surface area contributed by atoms with Crippen LogP contribution in [0.1, 0.15) is 60.7 Å². The fourth-order valence-electron chi connectivity index (χ4n) is 3.77. The average Bonchev–Trinajstić information content (AvgIpc) is 3.13. The number of hydrogen-bond acceptors (Lipinski definition) is 4. The van der Waals surface area contributed by atoms with E-state index in [1.54, 1.807) is 6.92 Å². The van der Waals surface area contributed by atoms with Crippen LogP contribution in [-0.4, -0.2) is 21.0 Å². The van der Waals surface area contributed by atoms with Gasteiger partial charge in [0.15, 0.2) is 5.82 Å². The van der Waals surface area contributed by atoms with Crippen LogP contribution in [0.25, 0.3) is 10.9 Å². The fourth-order valence-corrected chi connectivity index (χ4v) is 4.07. The number of H-pyrrole nitrogens is 1. The number of nitrogens with zero attached hydrogens (tertiary/aromatic N) is 2. The van der Waals surface area contributed by atoms with Crippen molar-refractivity contribution in [3.05, 3.63) is 46.7 Å². The second-order valence-corrected chi connectivity index (χ2v) is 7.32. The lowest BCUT2D eigenvalue weighted by Crippen LogP contribution is -2.46. The molecule has 26 heavy (non-hydrogen) atoms. The van der Waals surface area contributed by atoms with Crippen LogP contribution in [0.4, 0.5) is 0 Å². The van der Waals surface area contributed by atoms with E-state index >= 15 is 0 Å². The molecule has 0 spiro atoms. The molecule has 1 aliphatic carbocycles. The van der Waals surface area contributed by atoms with Crippen LogP contribution in [0, 0.1) is 6.92 Å². The minimum Gasteiger partial charge on any atom is -0.349 e. The number of aryl methyl sites for hydroxylation is 1. The molecule has 136 valence electrons. The van der Waals surface area contributed by atoms with Gasteiger partial charge in [-0.05, 0) is 18.9 Å². The Kier molecular flexibility index (Phi) is 4.44. The number of aromatic amines is 1. The summed E-state index contributed by atoms with van der Waals surface area (Å²) in [6, 6.07) is 7.61. The van der Waals surface area contributed by atoms with E-state index in [1.807, 2.05) is 24.3 Å². The highest BCUT2D eigenvalue weighted by molar-refractivity contribution is 6.38. The van der Waals surface area contributed by atoms with E-state index in [2.05, 4.69) is 20.4 Å². The Hall–Kier alpha value is -2.34. The second kappa shape index (κ2) is 6.76. The first kappa shape index (κ1) is 17.1. The third-order valence-electron chi connectivity index (χ3n) is 5.14. The van der Waals surface area contributed by atoms with E-state index in [1.165, 1.54) is 0 Å². The zero-order valence-electron chi connectivity index (χ0n) is 14.6. The third-order valence-corrected chi connectivity index (χ3v) is 5.53. The Morgan fingerprint density at radius 2 is 1.96 bits per heavy atom. The fraction of sp³-hybridized carbons (Fsp3) is 0.421. The molecule has 1 aromatic carbocycles. The minimum absolute atomic E-state index is 0.240. The molecule has 1 fully saturated rings. The van der Waals surface area contributed by atoms with Crippen molar-refractivity contribution < 1.29 is 9.32 Å². The molecule has 1 amide bonds. The minimum atomic E-state index is -0.619. The molecule has 0 aliphatic heterocycles. The van der Waals surface area contributed by atoms with Crippen molar-refractivity contribution in [2.24, 2.45) is 0 Å². The number of amides is 1. The highest BCUT2D eigenvalue weighted by Gasteiger charge is 2.39. The van der Waals surface area contributed by atoms with E-state index in [-0.39, 0.29) is 5.91 Å². The van der Waals surface area contributed by atoms with Gasteiger partial charge >= 0.3 is 0 Å². The van der Waals surface area contributed by atoms with Crippen LogP contribution in [0.15, 0.2) is 28.8 Å². The quantitative estimate of drug-likeness (QED) is 0.663. The molecule has 7 heteroatoms. The summed E-state index contributed by atoms with van der Waals surface area (Å²) in [4.78, 5) is 20.6. The Morgan fingerprint density at radius 3 is 2.62 bits per heavy atom. The van der Waals surface area contributed by atoms with Crippen molar-refractivity contribution in [1.29, 1.82) is 0 Å². The molecular weight excluding hydrogens is 352 g/mol. The average molecular weight is 373 g/mol. The van der Waals surface area contributed by atoms with Crippen LogP contribution in [0.2, 0.25) is 5.02 Å². The first-order valence-electron chi connectivity index (χ1n) is 8.99. The molecule has 6 nitrogen and oxygen atoms in total. The lowest BCUT2D eigenvalue weighted by atomic mass is 9.89. The Morgan fingerprint density at radius 1 is 1.23 bits per heavy atom. The monoisotopic (exact) mass is 372 g/mol. The number of fused-ring (bicyclic) bond motifs is 1. The number of aromatic nitrogens is 3. The van der Waals surface area contributed by atoms with Gasteiger partial charge in [0, 0.05) is 17.8 Å². The molecule has 3 aromatic rings. The van der Waals surface area contributed by atoms with Gasteiger partial charge in [0.1, 0.15) is 11.2 Å². The normalized spacial score (nSPS) is 17.2. The number of benzene rings is 1. The van der Waals surface area contributed by atoms with Crippen LogP contribution in [0.5, 0.6) is 0 Å². The molecule has 2 N–H and O–H groups in total. The van der Waals surface area contributed by atoms with Gasteiger partial charge in [-0.25, -0.2) is 0 Å². The summed E-state index contributed by atoms with van der Waals surface area (Å²) in [6.07, 6.45) is 5.87. The van der Waals surface area contributed by atoms with E-state index in [0.717, 1.165) is 49.4 Å². The lowest BCUT2D eigenvalue weighted by Gasteiger charge is -2.30. The Labute approximate surface area is 156 Å². The summed E-state index contributed by atoms with van der Waals surface area (Å²) < 4.78 is 5.20. The van der Waals surface area contributed by atoms with Gasteiger partial charge in [0.25, 0.3) is 5.91 Å². The van der Waals surface area contributed by atoms with Crippen molar-refractivity contribution in [2.75, 3.05) is 0 Å². The van der Waals surface area contributed by atoms with Gasteiger partial charge in [-0.2, -0.15) is 4.98 Å². The topological polar surface area (TPSA) is 83.8 Å². The molecule has 0 atom stereocenters. The van der Waals surface area contributed by atoms with Gasteiger partial charge in [0.2, 0.25) is 5.89 Å². The number of carbonyl (C=O) groups excluding carboxylic acids is 1. The first-order valence-corrected chi connectivity index (χ1v) is 9.36. The highest BCUT2D eigenvalue weighted by atomic mass is 35.5. The van der Waals surface area contributed by atoms with Gasteiger partial charge in [-0.1, -0.05) is 60.6 Å². The first-order chi connectivity index (χ1) is 12.6. The van der Waals surface area contributed by atoms with E-state index in [4.69, 9.17) is 16.1 Å². The van der Waals surface area contributed by atoms with E-state index in [9.17, 15) is 4.79 Å². The van der Waals surface area contributed by atoms with Crippen molar-refractivity contribution in [2.45, 2.75) is 51.0 Å². The SMILES string of the molecule is Cc1nc(C2(NC(=O)c3[nH]c4ccccc4c3Cl)CCCCCC2)no1. The van der Waals surface area contributed by atoms with Crippen LogP contribution >= 0.6 is 11.6 Å². The van der Waals surface area contributed by atoms with Crippen LogP contribution < -0.4 is 5.32 Å². The van der Waals surface area contributed by atoms with Gasteiger partial charge < -0.3 is 14.8 Å². The summed E-state index contributed by atoms with van der Waals surface area (Å²) in [5, 5.41) is 8.58. The number of para-hydroxylation sites is 1. The maximum Gasteiger partial charge on any atom is 0.270 e. The van der Waals surface area contributed by atoms with Gasteiger partial charge in [-0.15, -0.1) is 0 Å². The molecule has 2 aromatic heterocycles. The highest BCUT2D eigenvalue weighted by Crippen LogP contribution is 2.36. The smallest absolute Gasteiger partial charge is 0.270 e. The number of rotatable bonds is 3. The molecule has 2 heterocycles. The van der Waals surface area contributed by atoms with Crippen molar-refractivity contribution in [1.82, 2.24) is 20.4 Å². The van der Waals surface area contributed by atoms with Crippen molar-refractivity contribution in [3.8, 4) is 0 Å². The van der Waals surface area contributed by atoms with Crippen molar-refractivity contribution in [3.63, 3.8) is 0 Å². The molecule has 1 saturated carbocycles. The van der Waals surface area contributed by atoms with Crippen LogP contribution in [0.3, 0.4) is 0 Å². The van der Waals surface area contributed by atoms with E-state index < -0.39 is 5.54 Å². The largest absolute Gasteiger partial charge is 0.349 e. The summed E-state index contributed by atoms with van der Waals surface area (Å²) in [5.74, 6) is 0.814. The number of carbonyl (C=O) groups is 1. The van der Waals surface area contributed by atoms with Gasteiger partial charge in [-0.3, -0.25) is 4.79 Å². The molecule has 0 radical (unpaired) electrons. The maximum atomic E-state index is 13.1. The number of halogens is 1. The molecule has 0 unspecified atom stereocenters. The zero-order valence-corrected chi connectivity index (χ0v) is 15.4. The standard InChI is InChI=1S/C19H21ClN4O2/c1-12-21-18(24-26-12)19(10-6-2-3-7-11-19)23-17(25)16-15(20)13-8-4-5-9-14(13)22-16/h4-5,8-9,22H,2-3,6-7,10-11H2,1H3,(H,23,25). The zero-order chi connectivity index (χ0) is 18.1. The van der Waals surface area contributed by atoms with Crippen molar-refractivity contribution >= 4 is 28.4 Å². The maximum absolute atomic E-state index is 13.1. The second-order valence-electron chi connectivity index (χ2n) is 6.95. The van der Waals surface area contributed by atoms with Gasteiger partial charge in [0.05, 0.1) is 5.02 Å². The summed E-state index contributed by atoms with van der Waals surface area (Å²) in [6.45, 7) is 1.76. The molecule has 0 saturated heterocycles. The summed E-state index contributed by atoms with van der Waals surface area (Å²) in [7, 11) is 0. The Balaban J connectivity index is 1.70. The molecule has 0 bridgehead atoms. The predicted octanol–water partition coefficient (Wildman–Crippen LogP) is 4.49. The van der Waals surface area contributed by atoms with E-state index in [0.29, 0.717) is 22.4 Å². The lowest BCUT2D eigenvalue weighted by molar-refractivity contribution is 0.0872. The number of nitrogens with one attached hydrogen (secondary N) is 2. The molecule has 1 aliphatic rings. The van der Waals surface area contributed by atoms with Crippen LogP contribution in [-0.2, 0) is 5.54 Å². The molecule has 4 rings (SSSR count). The summed E-state index contributed by atoms with van der Waals surface area (Å²) >= 11 is 6.46. The predicted molar refractivity (Wildman–Crippen MR) is 99.2 cm³/mol. The summed E-state index contributed by atoms with van der Waals surface area (Å²) in [5.41, 5.74) is 0.594. The Bertz CT molecular complexity index is 938. The number of hydrogen-bond donors (Lipinski definition) is 2. The third kappa shape index (κ3) is 2.98. The molecular formula is C19H21ClN4O2.